The summed E-state index contributed by atoms with van der Waals surface area (Å²) in [5, 5.41) is 0. The highest BCUT2D eigenvalue weighted by Gasteiger charge is 2.04. The average Bonchev–Trinajstić information content (AvgIpc) is 2.10. The lowest BCUT2D eigenvalue weighted by molar-refractivity contribution is 0.784. The van der Waals surface area contributed by atoms with Crippen LogP contribution in [0.2, 0.25) is 13.6 Å². The quantitative estimate of drug-likeness (QED) is 0.397. The Bertz CT molecular complexity index is 136. The van der Waals surface area contributed by atoms with Gasteiger partial charge in [-0.1, -0.05) is 59.3 Å². The third kappa shape index (κ3) is 6.92. The van der Waals surface area contributed by atoms with Gasteiger partial charge in [0.15, 0.2) is 6.71 Å². The molecule has 0 aliphatic heterocycles. The molecule has 0 amide bonds. The molecule has 0 heterocycles. The SMILES string of the molecule is CCCC/C=C(\CCCC)B(C)C. The van der Waals surface area contributed by atoms with E-state index in [1.54, 1.807) is 5.47 Å². The molecule has 0 spiro atoms. The van der Waals surface area contributed by atoms with Crippen molar-refractivity contribution in [3.63, 3.8) is 0 Å². The van der Waals surface area contributed by atoms with Crippen molar-refractivity contribution in [3.05, 3.63) is 11.5 Å². The number of allylic oxidation sites excluding steroid dienone is 2. The molecule has 76 valence electrons. The fourth-order valence-corrected chi connectivity index (χ4v) is 1.50. The second-order valence-electron chi connectivity index (χ2n) is 4.18. The van der Waals surface area contributed by atoms with E-state index in [4.69, 9.17) is 0 Å². The smallest absolute Gasteiger partial charge is 0.106 e. The summed E-state index contributed by atoms with van der Waals surface area (Å²) in [5.41, 5.74) is 1.68. The van der Waals surface area contributed by atoms with E-state index in [0.717, 1.165) is 6.71 Å². The summed E-state index contributed by atoms with van der Waals surface area (Å²) in [7, 11) is 0. The van der Waals surface area contributed by atoms with Crippen LogP contribution in [0.5, 0.6) is 0 Å². The topological polar surface area (TPSA) is 0 Å². The predicted octanol–water partition coefficient (Wildman–Crippen LogP) is 4.59. The molecule has 13 heavy (non-hydrogen) atoms. The van der Waals surface area contributed by atoms with Crippen molar-refractivity contribution in [1.82, 2.24) is 0 Å². The standard InChI is InChI=1S/C12H25B/c1-5-7-9-11-12(13(3)4)10-8-6-2/h11H,5-10H2,1-4H3/b12-11+. The molecule has 0 aromatic rings. The van der Waals surface area contributed by atoms with E-state index in [9.17, 15) is 0 Å². The molecule has 0 rings (SSSR count). The molecule has 0 aromatic heterocycles. The van der Waals surface area contributed by atoms with E-state index in [0.29, 0.717) is 0 Å². The van der Waals surface area contributed by atoms with E-state index >= 15 is 0 Å². The van der Waals surface area contributed by atoms with E-state index in [1.165, 1.54) is 38.5 Å². The number of rotatable bonds is 7. The molecule has 0 unspecified atom stereocenters. The average molecular weight is 180 g/mol. The van der Waals surface area contributed by atoms with Crippen LogP contribution in [0.3, 0.4) is 0 Å². The lowest BCUT2D eigenvalue weighted by Crippen LogP contribution is -2.05. The van der Waals surface area contributed by atoms with Crippen LogP contribution >= 0.6 is 0 Å². The molecule has 0 nitrogen and oxygen atoms in total. The fourth-order valence-electron chi connectivity index (χ4n) is 1.50. The zero-order chi connectivity index (χ0) is 10.1. The first-order chi connectivity index (χ1) is 6.22. The Kier molecular flexibility index (Phi) is 8.28. The zero-order valence-electron chi connectivity index (χ0n) is 9.90. The van der Waals surface area contributed by atoms with Crippen LogP contribution in [0, 0.1) is 0 Å². The highest BCUT2D eigenvalue weighted by Crippen LogP contribution is 2.13. The molecule has 0 radical (unpaired) electrons. The van der Waals surface area contributed by atoms with Crippen LogP contribution in [0.4, 0.5) is 0 Å². The second-order valence-corrected chi connectivity index (χ2v) is 4.18. The van der Waals surface area contributed by atoms with Crippen LogP contribution in [0.25, 0.3) is 0 Å². The minimum absolute atomic E-state index is 0.753. The summed E-state index contributed by atoms with van der Waals surface area (Å²) in [5.74, 6) is 0. The van der Waals surface area contributed by atoms with Crippen molar-refractivity contribution in [3.8, 4) is 0 Å². The van der Waals surface area contributed by atoms with Gasteiger partial charge < -0.3 is 0 Å². The molecule has 0 aromatic carbocycles. The first-order valence-electron chi connectivity index (χ1n) is 5.91. The maximum Gasteiger partial charge on any atom is 0.163 e. The Morgan fingerprint density at radius 1 is 1.08 bits per heavy atom. The van der Waals surface area contributed by atoms with Crippen LogP contribution in [-0.2, 0) is 0 Å². The van der Waals surface area contributed by atoms with Crippen molar-refractivity contribution in [2.24, 2.45) is 0 Å². The Morgan fingerprint density at radius 3 is 2.15 bits per heavy atom. The molecule has 0 saturated carbocycles. The van der Waals surface area contributed by atoms with Crippen LogP contribution < -0.4 is 0 Å². The van der Waals surface area contributed by atoms with Gasteiger partial charge in [-0.3, -0.25) is 0 Å². The molecule has 1 heteroatoms. The summed E-state index contributed by atoms with van der Waals surface area (Å²) < 4.78 is 0. The van der Waals surface area contributed by atoms with E-state index in [1.807, 2.05) is 0 Å². The minimum Gasteiger partial charge on any atom is -0.106 e. The minimum atomic E-state index is 0.753. The van der Waals surface area contributed by atoms with Gasteiger partial charge in [0.05, 0.1) is 0 Å². The van der Waals surface area contributed by atoms with Gasteiger partial charge in [0.25, 0.3) is 0 Å². The normalized spacial score (nSPS) is 11.8. The van der Waals surface area contributed by atoms with Gasteiger partial charge in [-0.15, -0.1) is 5.47 Å². The molecule has 0 fully saturated rings. The summed E-state index contributed by atoms with van der Waals surface area (Å²) in [6.45, 7) is 9.91. The molecule has 0 saturated heterocycles. The molecular weight excluding hydrogens is 155 g/mol. The van der Waals surface area contributed by atoms with Crippen molar-refractivity contribution >= 4 is 6.71 Å². The van der Waals surface area contributed by atoms with Gasteiger partial charge in [0.1, 0.15) is 0 Å². The summed E-state index contributed by atoms with van der Waals surface area (Å²) in [6.07, 6.45) is 10.4. The van der Waals surface area contributed by atoms with Crippen molar-refractivity contribution in [2.45, 2.75) is 66.0 Å². The second kappa shape index (κ2) is 8.41. The maximum atomic E-state index is 2.48. The molecule has 0 aliphatic rings. The summed E-state index contributed by atoms with van der Waals surface area (Å²) >= 11 is 0. The van der Waals surface area contributed by atoms with E-state index in [2.05, 4.69) is 33.6 Å². The van der Waals surface area contributed by atoms with E-state index < -0.39 is 0 Å². The van der Waals surface area contributed by atoms with Crippen LogP contribution in [0.1, 0.15) is 52.4 Å². The lowest BCUT2D eigenvalue weighted by atomic mass is 9.47. The maximum absolute atomic E-state index is 2.48. The van der Waals surface area contributed by atoms with Gasteiger partial charge >= 0.3 is 0 Å². The predicted molar refractivity (Wildman–Crippen MR) is 64.6 cm³/mol. The van der Waals surface area contributed by atoms with Crippen molar-refractivity contribution in [1.29, 1.82) is 0 Å². The first kappa shape index (κ1) is 12.8. The highest BCUT2D eigenvalue weighted by molar-refractivity contribution is 6.63. The largest absolute Gasteiger partial charge is 0.163 e. The third-order valence-electron chi connectivity index (χ3n) is 2.52. The molecule has 0 N–H and O–H groups in total. The Balaban J connectivity index is 3.84. The monoisotopic (exact) mass is 180 g/mol. The fraction of sp³-hybridized carbons (Fsp3) is 0.833. The molecule has 0 aliphatic carbocycles. The summed E-state index contributed by atoms with van der Waals surface area (Å²) in [6, 6.07) is 0. The summed E-state index contributed by atoms with van der Waals surface area (Å²) in [4.78, 5) is 0. The first-order valence-corrected chi connectivity index (χ1v) is 5.91. The lowest BCUT2D eigenvalue weighted by Gasteiger charge is -2.08. The number of hydrogen-bond donors (Lipinski definition) is 0. The van der Waals surface area contributed by atoms with Gasteiger partial charge in [-0.2, -0.15) is 0 Å². The van der Waals surface area contributed by atoms with E-state index in [-0.39, 0.29) is 0 Å². The third-order valence-corrected chi connectivity index (χ3v) is 2.52. The number of unbranched alkanes of at least 4 members (excludes halogenated alkanes) is 3. The Morgan fingerprint density at radius 2 is 1.69 bits per heavy atom. The highest BCUT2D eigenvalue weighted by atomic mass is 13.9. The Hall–Kier alpha value is -0.195. The van der Waals surface area contributed by atoms with Crippen molar-refractivity contribution < 1.29 is 0 Å². The van der Waals surface area contributed by atoms with Gasteiger partial charge in [0.2, 0.25) is 0 Å². The van der Waals surface area contributed by atoms with Crippen LogP contribution in [0.15, 0.2) is 11.5 Å². The Labute approximate surface area is 84.9 Å². The van der Waals surface area contributed by atoms with Crippen LogP contribution in [-0.4, -0.2) is 6.71 Å². The van der Waals surface area contributed by atoms with Gasteiger partial charge in [-0.25, -0.2) is 0 Å². The van der Waals surface area contributed by atoms with Gasteiger partial charge in [0, 0.05) is 0 Å². The molecular formula is C12H25B. The number of hydrogen-bond acceptors (Lipinski definition) is 0. The molecule has 0 atom stereocenters. The molecule has 0 bridgehead atoms. The zero-order valence-corrected chi connectivity index (χ0v) is 9.90. The van der Waals surface area contributed by atoms with Crippen molar-refractivity contribution in [2.75, 3.05) is 0 Å². The van der Waals surface area contributed by atoms with Gasteiger partial charge in [-0.05, 0) is 12.8 Å².